The number of nitrogens with zero attached hydrogens (tertiary/aromatic N) is 2. The number of amides is 1. The number of nitrogens with one attached hydrogen (secondary N) is 2. The van der Waals surface area contributed by atoms with Crippen LogP contribution in [0, 0.1) is 13.8 Å². The monoisotopic (exact) mass is 368 g/mol. The van der Waals surface area contributed by atoms with Crippen molar-refractivity contribution in [3.05, 3.63) is 35.5 Å². The Labute approximate surface area is 159 Å². The molecule has 6 nitrogen and oxygen atoms in total. The van der Waals surface area contributed by atoms with Crippen LogP contribution in [0.25, 0.3) is 22.4 Å². The summed E-state index contributed by atoms with van der Waals surface area (Å²) in [6.07, 6.45) is 1.32. The molecule has 0 aliphatic heterocycles. The van der Waals surface area contributed by atoms with E-state index in [4.69, 9.17) is 9.72 Å². The summed E-state index contributed by atoms with van der Waals surface area (Å²) in [7, 11) is 0. The number of aromatic amines is 1. The Balaban J connectivity index is 2.06. The summed E-state index contributed by atoms with van der Waals surface area (Å²) in [5.41, 5.74) is 5.12. The molecule has 0 saturated heterocycles. The van der Waals surface area contributed by atoms with Crippen molar-refractivity contribution in [1.82, 2.24) is 14.5 Å². The van der Waals surface area contributed by atoms with Crippen molar-refractivity contribution in [2.45, 2.75) is 47.1 Å². The van der Waals surface area contributed by atoms with Gasteiger partial charge in [-0.2, -0.15) is 0 Å². The minimum absolute atomic E-state index is 0.00378. The average molecular weight is 368 g/mol. The van der Waals surface area contributed by atoms with Gasteiger partial charge in [0.25, 0.3) is 0 Å². The zero-order valence-corrected chi connectivity index (χ0v) is 16.6. The van der Waals surface area contributed by atoms with E-state index in [1.54, 1.807) is 0 Å². The molecule has 2 heterocycles. The second kappa shape index (κ2) is 8.39. The zero-order chi connectivity index (χ0) is 19.4. The Morgan fingerprint density at radius 3 is 2.74 bits per heavy atom. The van der Waals surface area contributed by atoms with E-state index in [1.165, 1.54) is 0 Å². The van der Waals surface area contributed by atoms with E-state index < -0.39 is 0 Å². The Morgan fingerprint density at radius 1 is 1.26 bits per heavy atom. The lowest BCUT2D eigenvalue weighted by Crippen LogP contribution is -2.15. The highest BCUT2D eigenvalue weighted by Crippen LogP contribution is 2.36. The lowest BCUT2D eigenvalue weighted by Gasteiger charge is -2.13. The predicted octanol–water partition coefficient (Wildman–Crippen LogP) is 4.42. The molecule has 0 spiro atoms. The molecule has 0 aliphatic rings. The molecular formula is C21H28N4O2. The second-order valence-electron chi connectivity index (χ2n) is 6.64. The third-order valence-electron chi connectivity index (χ3n) is 4.91. The van der Waals surface area contributed by atoms with Gasteiger partial charge in [0.1, 0.15) is 11.6 Å². The summed E-state index contributed by atoms with van der Waals surface area (Å²) < 4.78 is 7.65. The van der Waals surface area contributed by atoms with Gasteiger partial charge in [-0.25, -0.2) is 4.98 Å². The van der Waals surface area contributed by atoms with Crippen LogP contribution in [0.5, 0.6) is 0 Å². The summed E-state index contributed by atoms with van der Waals surface area (Å²) >= 11 is 0. The maximum Gasteiger partial charge on any atom is 0.225 e. The number of carbonyl (C=O) groups is 1. The molecular weight excluding hydrogens is 340 g/mol. The number of fused-ring (bicyclic) bond motifs is 1. The van der Waals surface area contributed by atoms with Crippen LogP contribution in [0.3, 0.4) is 0 Å². The fraction of sp³-hybridized carbons (Fsp3) is 0.429. The molecule has 0 atom stereocenters. The molecule has 0 unspecified atom stereocenters. The number of rotatable bonds is 8. The number of hydrogen-bond donors (Lipinski definition) is 2. The summed E-state index contributed by atoms with van der Waals surface area (Å²) in [4.78, 5) is 20.4. The third kappa shape index (κ3) is 3.90. The normalized spacial score (nSPS) is 11.3. The number of para-hydroxylation sites is 2. The molecule has 0 aliphatic carbocycles. The van der Waals surface area contributed by atoms with Gasteiger partial charge in [-0.1, -0.05) is 19.1 Å². The minimum Gasteiger partial charge on any atom is -0.382 e. The number of benzene rings is 1. The summed E-state index contributed by atoms with van der Waals surface area (Å²) in [6.45, 7) is 10.2. The first-order valence-corrected chi connectivity index (χ1v) is 9.59. The van der Waals surface area contributed by atoms with Gasteiger partial charge in [-0.15, -0.1) is 0 Å². The lowest BCUT2D eigenvalue weighted by molar-refractivity contribution is -0.115. The van der Waals surface area contributed by atoms with Crippen LogP contribution in [0.15, 0.2) is 24.3 Å². The number of ether oxygens (including phenoxy) is 1. The van der Waals surface area contributed by atoms with E-state index >= 15 is 0 Å². The van der Waals surface area contributed by atoms with E-state index in [0.29, 0.717) is 19.6 Å². The summed E-state index contributed by atoms with van der Waals surface area (Å²) in [5.74, 6) is 1.59. The molecule has 144 valence electrons. The Bertz CT molecular complexity index is 906. The Hall–Kier alpha value is -2.60. The molecule has 0 bridgehead atoms. The molecule has 6 heteroatoms. The van der Waals surface area contributed by atoms with Gasteiger partial charge in [0, 0.05) is 31.9 Å². The largest absolute Gasteiger partial charge is 0.382 e. The highest BCUT2D eigenvalue weighted by Gasteiger charge is 2.22. The number of imidazole rings is 1. The first kappa shape index (κ1) is 19.2. The van der Waals surface area contributed by atoms with Gasteiger partial charge >= 0.3 is 0 Å². The van der Waals surface area contributed by atoms with Crippen molar-refractivity contribution < 1.29 is 9.53 Å². The number of anilines is 1. The zero-order valence-electron chi connectivity index (χ0n) is 16.6. The molecule has 0 saturated carbocycles. The summed E-state index contributed by atoms with van der Waals surface area (Å²) in [5, 5.41) is 3.10. The van der Waals surface area contributed by atoms with E-state index in [0.717, 1.165) is 52.5 Å². The van der Waals surface area contributed by atoms with Gasteiger partial charge < -0.3 is 19.6 Å². The SMILES string of the molecule is CCOCCCn1c(C)c(C)c(-c2nc3ccccc3[nH]2)c1NC(=O)CC. The quantitative estimate of drug-likeness (QED) is 0.578. The van der Waals surface area contributed by atoms with Crippen LogP contribution in [-0.4, -0.2) is 33.7 Å². The molecule has 2 N–H and O–H groups in total. The lowest BCUT2D eigenvalue weighted by atomic mass is 10.1. The van der Waals surface area contributed by atoms with Crippen LogP contribution >= 0.6 is 0 Å². The molecule has 2 aromatic heterocycles. The standard InChI is InChI=1S/C21H28N4O2/c1-5-18(26)24-21-19(20-22-16-10-7-8-11-17(16)23-20)14(3)15(4)25(21)12-9-13-27-6-2/h7-8,10-11H,5-6,9,12-13H2,1-4H3,(H,22,23)(H,24,26). The molecule has 1 amide bonds. The van der Waals surface area contributed by atoms with Crippen molar-refractivity contribution >= 4 is 22.8 Å². The van der Waals surface area contributed by atoms with Crippen molar-refractivity contribution in [3.8, 4) is 11.4 Å². The van der Waals surface area contributed by atoms with Crippen molar-refractivity contribution in [3.63, 3.8) is 0 Å². The Kier molecular flexibility index (Phi) is 5.96. The highest BCUT2D eigenvalue weighted by atomic mass is 16.5. The van der Waals surface area contributed by atoms with Crippen molar-refractivity contribution in [2.75, 3.05) is 18.5 Å². The second-order valence-corrected chi connectivity index (χ2v) is 6.64. The van der Waals surface area contributed by atoms with Gasteiger partial charge in [0.15, 0.2) is 0 Å². The van der Waals surface area contributed by atoms with Crippen LogP contribution < -0.4 is 5.32 Å². The smallest absolute Gasteiger partial charge is 0.225 e. The molecule has 1 aromatic carbocycles. The van der Waals surface area contributed by atoms with Crippen LogP contribution in [0.4, 0.5) is 5.82 Å². The maximum atomic E-state index is 12.2. The van der Waals surface area contributed by atoms with Crippen LogP contribution in [0.1, 0.15) is 37.9 Å². The van der Waals surface area contributed by atoms with E-state index in [1.807, 2.05) is 38.1 Å². The number of aromatic nitrogens is 3. The minimum atomic E-state index is -0.00378. The van der Waals surface area contributed by atoms with Crippen molar-refractivity contribution in [2.24, 2.45) is 0 Å². The molecule has 27 heavy (non-hydrogen) atoms. The van der Waals surface area contributed by atoms with Crippen LogP contribution in [-0.2, 0) is 16.1 Å². The van der Waals surface area contributed by atoms with Gasteiger partial charge in [-0.3, -0.25) is 4.79 Å². The first-order valence-electron chi connectivity index (χ1n) is 9.59. The third-order valence-corrected chi connectivity index (χ3v) is 4.91. The maximum absolute atomic E-state index is 12.2. The fourth-order valence-corrected chi connectivity index (χ4v) is 3.32. The van der Waals surface area contributed by atoms with Crippen molar-refractivity contribution in [1.29, 1.82) is 0 Å². The fourth-order valence-electron chi connectivity index (χ4n) is 3.32. The highest BCUT2D eigenvalue weighted by molar-refractivity contribution is 5.95. The molecule has 0 radical (unpaired) electrons. The Morgan fingerprint density at radius 2 is 2.04 bits per heavy atom. The summed E-state index contributed by atoms with van der Waals surface area (Å²) in [6, 6.07) is 7.96. The van der Waals surface area contributed by atoms with E-state index in [2.05, 4.69) is 28.7 Å². The van der Waals surface area contributed by atoms with Gasteiger partial charge in [0.05, 0.1) is 16.6 Å². The van der Waals surface area contributed by atoms with E-state index in [9.17, 15) is 4.79 Å². The topological polar surface area (TPSA) is 71.9 Å². The van der Waals surface area contributed by atoms with Crippen LogP contribution in [0.2, 0.25) is 0 Å². The van der Waals surface area contributed by atoms with E-state index in [-0.39, 0.29) is 5.91 Å². The average Bonchev–Trinajstić information content (AvgIpc) is 3.19. The van der Waals surface area contributed by atoms with Gasteiger partial charge in [-0.05, 0) is 44.9 Å². The number of carbonyl (C=O) groups excluding carboxylic acids is 1. The first-order chi connectivity index (χ1) is 13.1. The number of hydrogen-bond acceptors (Lipinski definition) is 3. The predicted molar refractivity (Wildman–Crippen MR) is 109 cm³/mol. The molecule has 3 rings (SSSR count). The molecule has 3 aromatic rings. The van der Waals surface area contributed by atoms with Gasteiger partial charge in [0.2, 0.25) is 5.91 Å². The number of H-pyrrole nitrogens is 1. The molecule has 0 fully saturated rings.